The summed E-state index contributed by atoms with van der Waals surface area (Å²) in [4.78, 5) is 31.0. The number of rotatable bonds is 6. The van der Waals surface area contributed by atoms with Gasteiger partial charge in [-0.3, -0.25) is 20.2 Å². The molecule has 0 aliphatic carbocycles. The van der Waals surface area contributed by atoms with E-state index in [4.69, 9.17) is 4.74 Å². The number of nitro groups is 2. The van der Waals surface area contributed by atoms with Crippen molar-refractivity contribution in [1.29, 1.82) is 0 Å². The number of benzene rings is 2. The molecule has 1 atom stereocenters. The minimum Gasteiger partial charge on any atom is -0.444 e. The first-order valence-electron chi connectivity index (χ1n) is 6.05. The third kappa shape index (κ3) is 3.06. The number of hydrogen-bond donors (Lipinski definition) is 0. The molecule has 0 aliphatic heterocycles. The van der Waals surface area contributed by atoms with Gasteiger partial charge in [0.15, 0.2) is 6.10 Å². The highest BCUT2D eigenvalue weighted by atomic mass is 16.6. The summed E-state index contributed by atoms with van der Waals surface area (Å²) in [6, 6.07) is 11.5. The molecular weight excluding hydrogens is 292 g/mol. The fraction of sp³-hybridized carbons (Fsp3) is 0.0714. The minimum atomic E-state index is -1.07. The molecular formula is C14H9N2O6. The lowest BCUT2D eigenvalue weighted by molar-refractivity contribution is -0.394. The highest BCUT2D eigenvalue weighted by Crippen LogP contribution is 2.34. The third-order valence-electron chi connectivity index (χ3n) is 2.97. The van der Waals surface area contributed by atoms with Crippen LogP contribution in [-0.4, -0.2) is 16.3 Å². The Kier molecular flexibility index (Phi) is 4.42. The van der Waals surface area contributed by atoms with Crippen LogP contribution >= 0.6 is 0 Å². The number of ether oxygens (including phenoxy) is 1. The van der Waals surface area contributed by atoms with Gasteiger partial charge in [0, 0.05) is 6.07 Å². The van der Waals surface area contributed by atoms with Crippen LogP contribution in [0.2, 0.25) is 0 Å². The van der Waals surface area contributed by atoms with E-state index < -0.39 is 27.3 Å². The molecule has 2 rings (SSSR count). The summed E-state index contributed by atoms with van der Waals surface area (Å²) < 4.78 is 4.83. The maximum atomic E-state index is 11.2. The van der Waals surface area contributed by atoms with Crippen molar-refractivity contribution in [3.05, 3.63) is 79.9 Å². The Labute approximate surface area is 124 Å². The van der Waals surface area contributed by atoms with Gasteiger partial charge in [-0.2, -0.15) is 0 Å². The Bertz CT molecular complexity index is 717. The topological polar surface area (TPSA) is 113 Å². The maximum absolute atomic E-state index is 11.2. The Hall–Kier alpha value is -3.29. The summed E-state index contributed by atoms with van der Waals surface area (Å²) in [5.41, 5.74) is -0.399. The summed E-state index contributed by atoms with van der Waals surface area (Å²) in [6.45, 7) is 1.26. The van der Waals surface area contributed by atoms with Crippen LogP contribution in [0.4, 0.5) is 11.4 Å². The molecule has 2 aromatic rings. The Morgan fingerprint density at radius 1 is 1.00 bits per heavy atom. The number of nitrogens with zero attached hydrogens (tertiary/aromatic N) is 2. The molecule has 0 bridgehead atoms. The van der Waals surface area contributed by atoms with Gasteiger partial charge in [-0.15, -0.1) is 0 Å². The number of hydrogen-bond acceptors (Lipinski definition) is 6. The lowest BCUT2D eigenvalue weighted by Gasteiger charge is -2.15. The van der Waals surface area contributed by atoms with Crippen molar-refractivity contribution in [3.8, 4) is 0 Å². The smallest absolute Gasteiger partial charge is 0.418 e. The van der Waals surface area contributed by atoms with Crippen LogP contribution in [0.5, 0.6) is 0 Å². The zero-order valence-corrected chi connectivity index (χ0v) is 11.0. The summed E-state index contributed by atoms with van der Waals surface area (Å²) >= 11 is 0. The molecule has 8 nitrogen and oxygen atoms in total. The average molecular weight is 301 g/mol. The van der Waals surface area contributed by atoms with E-state index in [1.807, 2.05) is 0 Å². The summed E-state index contributed by atoms with van der Waals surface area (Å²) in [5.74, 6) is 0. The molecule has 0 N–H and O–H groups in total. The molecule has 1 radical (unpaired) electrons. The fourth-order valence-electron chi connectivity index (χ4n) is 2.01. The van der Waals surface area contributed by atoms with Crippen LogP contribution in [0.1, 0.15) is 17.2 Å². The van der Waals surface area contributed by atoms with E-state index in [-0.39, 0.29) is 5.56 Å². The van der Waals surface area contributed by atoms with Crippen LogP contribution in [0.3, 0.4) is 0 Å². The second-order valence-corrected chi connectivity index (χ2v) is 4.25. The molecule has 0 aromatic heterocycles. The maximum Gasteiger partial charge on any atom is 0.418 e. The van der Waals surface area contributed by atoms with Gasteiger partial charge in [0.1, 0.15) is 0 Å². The average Bonchev–Trinajstić information content (AvgIpc) is 2.52. The van der Waals surface area contributed by atoms with Gasteiger partial charge < -0.3 is 4.74 Å². The van der Waals surface area contributed by atoms with E-state index >= 15 is 0 Å². The van der Waals surface area contributed by atoms with Crippen LogP contribution < -0.4 is 0 Å². The first-order valence-corrected chi connectivity index (χ1v) is 6.05. The van der Waals surface area contributed by atoms with Gasteiger partial charge >= 0.3 is 6.47 Å². The van der Waals surface area contributed by atoms with Crippen LogP contribution in [0.25, 0.3) is 0 Å². The van der Waals surface area contributed by atoms with E-state index in [1.165, 1.54) is 12.5 Å². The molecule has 0 saturated carbocycles. The highest BCUT2D eigenvalue weighted by molar-refractivity contribution is 5.54. The molecule has 22 heavy (non-hydrogen) atoms. The normalized spacial score (nSPS) is 11.5. The van der Waals surface area contributed by atoms with E-state index in [1.54, 1.807) is 30.3 Å². The summed E-state index contributed by atoms with van der Waals surface area (Å²) in [7, 11) is 0. The van der Waals surface area contributed by atoms with Gasteiger partial charge in [-0.05, 0) is 11.6 Å². The first-order chi connectivity index (χ1) is 10.5. The summed E-state index contributed by atoms with van der Waals surface area (Å²) in [5, 5.41) is 21.9. The minimum absolute atomic E-state index is 0.0325. The molecule has 2 aromatic carbocycles. The molecule has 8 heteroatoms. The van der Waals surface area contributed by atoms with E-state index in [2.05, 4.69) is 0 Å². The van der Waals surface area contributed by atoms with Gasteiger partial charge in [0.05, 0.1) is 21.5 Å². The van der Waals surface area contributed by atoms with Gasteiger partial charge in [-0.25, -0.2) is 4.79 Å². The molecule has 0 saturated heterocycles. The fourth-order valence-corrected chi connectivity index (χ4v) is 2.01. The Morgan fingerprint density at radius 2 is 1.68 bits per heavy atom. The Balaban J connectivity index is 2.58. The lowest BCUT2D eigenvalue weighted by Crippen LogP contribution is -2.08. The predicted molar refractivity (Wildman–Crippen MR) is 74.8 cm³/mol. The zero-order chi connectivity index (χ0) is 16.1. The van der Waals surface area contributed by atoms with Crippen molar-refractivity contribution in [3.63, 3.8) is 0 Å². The van der Waals surface area contributed by atoms with Crippen molar-refractivity contribution >= 4 is 17.8 Å². The zero-order valence-electron chi connectivity index (χ0n) is 11.0. The SMILES string of the molecule is O=[C]OC(c1ccccc1)c1ccc([N+](=O)[O-])cc1[N+](=O)[O-]. The number of nitro benzene ring substituents is 2. The van der Waals surface area contributed by atoms with E-state index in [0.29, 0.717) is 5.56 Å². The standard InChI is InChI=1S/C14H9N2O6/c17-9-22-14(10-4-2-1-3-5-10)12-7-6-11(15(18)19)8-13(12)16(20)21/h1-8,14H. The van der Waals surface area contributed by atoms with Gasteiger partial charge in [-0.1, -0.05) is 30.3 Å². The van der Waals surface area contributed by atoms with Gasteiger partial charge in [0.25, 0.3) is 11.4 Å². The van der Waals surface area contributed by atoms with Crippen molar-refractivity contribution in [2.45, 2.75) is 6.10 Å². The van der Waals surface area contributed by atoms with Crippen molar-refractivity contribution < 1.29 is 19.4 Å². The van der Waals surface area contributed by atoms with Gasteiger partial charge in [0.2, 0.25) is 0 Å². The molecule has 0 aliphatic rings. The molecule has 0 spiro atoms. The third-order valence-corrected chi connectivity index (χ3v) is 2.97. The largest absolute Gasteiger partial charge is 0.444 e. The van der Waals surface area contributed by atoms with Crippen LogP contribution in [-0.2, 0) is 9.53 Å². The van der Waals surface area contributed by atoms with Crippen molar-refractivity contribution in [1.82, 2.24) is 0 Å². The molecule has 0 amide bonds. The number of non-ortho nitro benzene ring substituents is 1. The quantitative estimate of drug-likeness (QED) is 0.598. The number of carbonyl (C=O) groups excluding carboxylic acids is 1. The summed E-state index contributed by atoms with van der Waals surface area (Å²) in [6.07, 6.45) is -1.07. The molecule has 0 heterocycles. The van der Waals surface area contributed by atoms with Crippen molar-refractivity contribution in [2.75, 3.05) is 0 Å². The second kappa shape index (κ2) is 6.44. The molecule has 1 unspecified atom stereocenters. The monoisotopic (exact) mass is 301 g/mol. The predicted octanol–water partition coefficient (Wildman–Crippen LogP) is 2.68. The van der Waals surface area contributed by atoms with E-state index in [0.717, 1.165) is 12.1 Å². The molecule has 111 valence electrons. The second-order valence-electron chi connectivity index (χ2n) is 4.25. The lowest BCUT2D eigenvalue weighted by atomic mass is 9.99. The van der Waals surface area contributed by atoms with Crippen LogP contribution in [0, 0.1) is 20.2 Å². The Morgan fingerprint density at radius 3 is 2.23 bits per heavy atom. The van der Waals surface area contributed by atoms with E-state index in [9.17, 15) is 25.0 Å². The molecule has 0 fully saturated rings. The van der Waals surface area contributed by atoms with Crippen molar-refractivity contribution in [2.24, 2.45) is 0 Å². The highest BCUT2D eigenvalue weighted by Gasteiger charge is 2.27. The van der Waals surface area contributed by atoms with Crippen LogP contribution in [0.15, 0.2) is 48.5 Å². The first kappa shape index (κ1) is 15.1.